The number of hydrogen-bond acceptors (Lipinski definition) is 1. The minimum atomic E-state index is -0.185. The third kappa shape index (κ3) is 2.16. The number of aromatic nitrogens is 1. The smallest absolute Gasteiger partial charge is 0.107 e. The van der Waals surface area contributed by atoms with Crippen LogP contribution in [0.15, 0.2) is 18.2 Å². The molecule has 0 radical (unpaired) electrons. The van der Waals surface area contributed by atoms with E-state index in [-0.39, 0.29) is 5.60 Å². The lowest BCUT2D eigenvalue weighted by Crippen LogP contribution is -2.28. The Morgan fingerprint density at radius 1 is 1.05 bits per heavy atom. The second-order valence-corrected chi connectivity index (χ2v) is 5.43. The largest absolute Gasteiger partial charge is 0.372 e. The molecule has 0 amide bonds. The van der Waals surface area contributed by atoms with Crippen LogP contribution < -0.4 is 0 Å². The molecule has 2 aromatic rings. The van der Waals surface area contributed by atoms with Gasteiger partial charge in [0.2, 0.25) is 0 Å². The predicted octanol–water partition coefficient (Wildman–Crippen LogP) is 4.95. The summed E-state index contributed by atoms with van der Waals surface area (Å²) < 4.78 is 5.94. The van der Waals surface area contributed by atoms with Gasteiger partial charge in [0.15, 0.2) is 0 Å². The first-order chi connectivity index (χ1) is 9.67. The maximum absolute atomic E-state index is 5.94. The van der Waals surface area contributed by atoms with Crippen LogP contribution in [0.4, 0.5) is 0 Å². The molecule has 20 heavy (non-hydrogen) atoms. The molecular formula is C18H27NO. The molecule has 0 bridgehead atoms. The van der Waals surface area contributed by atoms with E-state index in [0.29, 0.717) is 0 Å². The van der Waals surface area contributed by atoms with Gasteiger partial charge in [0.1, 0.15) is 5.60 Å². The summed E-state index contributed by atoms with van der Waals surface area (Å²) in [4.78, 5) is 3.70. The van der Waals surface area contributed by atoms with E-state index in [0.717, 1.165) is 25.7 Å². The van der Waals surface area contributed by atoms with E-state index in [1.165, 1.54) is 27.7 Å². The van der Waals surface area contributed by atoms with Crippen LogP contribution in [-0.4, -0.2) is 12.1 Å². The lowest BCUT2D eigenvalue weighted by atomic mass is 9.89. The van der Waals surface area contributed by atoms with E-state index in [1.807, 2.05) is 7.11 Å². The quantitative estimate of drug-likeness (QED) is 0.791. The molecule has 1 aromatic heterocycles. The van der Waals surface area contributed by atoms with E-state index in [1.54, 1.807) is 0 Å². The molecule has 110 valence electrons. The van der Waals surface area contributed by atoms with Gasteiger partial charge < -0.3 is 9.72 Å². The fraction of sp³-hybridized carbons (Fsp3) is 0.556. The van der Waals surface area contributed by atoms with E-state index in [9.17, 15) is 0 Å². The van der Waals surface area contributed by atoms with Crippen molar-refractivity contribution in [2.24, 2.45) is 0 Å². The van der Waals surface area contributed by atoms with Gasteiger partial charge in [-0.2, -0.15) is 0 Å². The highest BCUT2D eigenvalue weighted by molar-refractivity contribution is 5.87. The maximum Gasteiger partial charge on any atom is 0.107 e. The van der Waals surface area contributed by atoms with Crippen molar-refractivity contribution in [3.63, 3.8) is 0 Å². The number of hydrogen-bond donors (Lipinski definition) is 1. The Morgan fingerprint density at radius 3 is 2.25 bits per heavy atom. The van der Waals surface area contributed by atoms with Crippen molar-refractivity contribution in [1.82, 2.24) is 4.98 Å². The lowest BCUT2D eigenvalue weighted by molar-refractivity contribution is -0.0253. The van der Waals surface area contributed by atoms with Crippen LogP contribution in [0.1, 0.15) is 57.4 Å². The molecule has 2 rings (SSSR count). The van der Waals surface area contributed by atoms with Crippen LogP contribution in [0.25, 0.3) is 10.9 Å². The van der Waals surface area contributed by atoms with Crippen LogP contribution in [0.3, 0.4) is 0 Å². The summed E-state index contributed by atoms with van der Waals surface area (Å²) in [6.07, 6.45) is 4.06. The Bertz CT molecular complexity index is 570. The van der Waals surface area contributed by atoms with Gasteiger partial charge in [-0.05, 0) is 36.8 Å². The molecule has 1 N–H and O–H groups in total. The van der Waals surface area contributed by atoms with Gasteiger partial charge in [-0.15, -0.1) is 0 Å². The second-order valence-electron chi connectivity index (χ2n) is 5.43. The number of H-pyrrole nitrogens is 1. The molecule has 0 aliphatic heterocycles. The first-order valence-electron chi connectivity index (χ1n) is 7.85. The zero-order valence-electron chi connectivity index (χ0n) is 13.5. The monoisotopic (exact) mass is 273 g/mol. The van der Waals surface area contributed by atoms with E-state index < -0.39 is 0 Å². The van der Waals surface area contributed by atoms with Crippen LogP contribution >= 0.6 is 0 Å². The number of benzene rings is 1. The highest BCUT2D eigenvalue weighted by Gasteiger charge is 2.32. The Balaban J connectivity index is 2.76. The van der Waals surface area contributed by atoms with E-state index in [4.69, 9.17) is 4.74 Å². The van der Waals surface area contributed by atoms with Crippen molar-refractivity contribution < 1.29 is 4.74 Å². The van der Waals surface area contributed by atoms with Crippen molar-refractivity contribution in [3.05, 3.63) is 35.0 Å². The van der Waals surface area contributed by atoms with Crippen molar-refractivity contribution in [3.8, 4) is 0 Å². The van der Waals surface area contributed by atoms with Gasteiger partial charge in [0.05, 0.1) is 5.69 Å². The average Bonchev–Trinajstić information content (AvgIpc) is 2.88. The minimum Gasteiger partial charge on any atom is -0.372 e. The summed E-state index contributed by atoms with van der Waals surface area (Å²) in [6, 6.07) is 6.62. The molecule has 0 saturated carbocycles. The van der Waals surface area contributed by atoms with E-state index >= 15 is 0 Å². The van der Waals surface area contributed by atoms with Gasteiger partial charge >= 0.3 is 0 Å². The normalized spacial score (nSPS) is 12.2. The fourth-order valence-corrected chi connectivity index (χ4v) is 3.38. The van der Waals surface area contributed by atoms with Crippen molar-refractivity contribution in [1.29, 1.82) is 0 Å². The van der Waals surface area contributed by atoms with Crippen LogP contribution in [0.2, 0.25) is 0 Å². The Hall–Kier alpha value is -1.28. The van der Waals surface area contributed by atoms with Gasteiger partial charge in [0.25, 0.3) is 0 Å². The Kier molecular flexibility index (Phi) is 4.54. The zero-order chi connectivity index (χ0) is 14.8. The molecule has 0 unspecified atom stereocenters. The Labute approximate surface area is 122 Å². The number of nitrogens with one attached hydrogen (secondary N) is 1. The Morgan fingerprint density at radius 2 is 1.75 bits per heavy atom. The molecule has 1 heterocycles. The molecule has 0 saturated heterocycles. The number of fused-ring (bicyclic) bond motifs is 1. The predicted molar refractivity (Wildman–Crippen MR) is 86.3 cm³/mol. The topological polar surface area (TPSA) is 25.0 Å². The van der Waals surface area contributed by atoms with Crippen LogP contribution in [0, 0.1) is 0 Å². The van der Waals surface area contributed by atoms with Crippen LogP contribution in [-0.2, 0) is 23.2 Å². The molecule has 0 atom stereocenters. The van der Waals surface area contributed by atoms with Gasteiger partial charge in [-0.1, -0.05) is 45.9 Å². The highest BCUT2D eigenvalue weighted by atomic mass is 16.5. The summed E-state index contributed by atoms with van der Waals surface area (Å²) in [7, 11) is 1.83. The average molecular weight is 273 g/mol. The third-order valence-corrected chi connectivity index (χ3v) is 4.75. The molecule has 2 nitrogen and oxygen atoms in total. The summed E-state index contributed by atoms with van der Waals surface area (Å²) in [5.41, 5.74) is 5.20. The van der Waals surface area contributed by atoms with E-state index in [2.05, 4.69) is 50.9 Å². The summed E-state index contributed by atoms with van der Waals surface area (Å²) >= 11 is 0. The second kappa shape index (κ2) is 6.01. The number of aromatic amines is 1. The van der Waals surface area contributed by atoms with Crippen molar-refractivity contribution in [2.75, 3.05) is 7.11 Å². The zero-order valence-corrected chi connectivity index (χ0v) is 13.5. The highest BCUT2D eigenvalue weighted by Crippen LogP contribution is 2.38. The number of ether oxygens (including phenoxy) is 1. The molecule has 0 aliphatic carbocycles. The SMILES string of the molecule is CCc1c(C(CC)(CC)OC)[nH]c2c(CC)cccc12. The van der Waals surface area contributed by atoms with Gasteiger partial charge in [0, 0.05) is 18.0 Å². The first-order valence-corrected chi connectivity index (χ1v) is 7.85. The molecular weight excluding hydrogens is 246 g/mol. The lowest BCUT2D eigenvalue weighted by Gasteiger charge is -2.30. The van der Waals surface area contributed by atoms with Crippen LogP contribution in [0.5, 0.6) is 0 Å². The standard InChI is InChI=1S/C18H27NO/c1-6-13-11-10-12-15-14(7-2)17(19-16(13)15)18(8-3,9-4)20-5/h10-12,19H,6-9H2,1-5H3. The molecule has 1 aromatic carbocycles. The van der Waals surface area contributed by atoms with Gasteiger partial charge in [-0.3, -0.25) is 0 Å². The first kappa shape index (κ1) is 15.1. The molecule has 2 heteroatoms. The molecule has 0 fully saturated rings. The summed E-state index contributed by atoms with van der Waals surface area (Å²) in [5.74, 6) is 0. The number of methoxy groups -OCH3 is 1. The van der Waals surface area contributed by atoms with Gasteiger partial charge in [-0.25, -0.2) is 0 Å². The number of rotatable bonds is 6. The summed E-state index contributed by atoms with van der Waals surface area (Å²) in [5, 5.41) is 1.37. The fourth-order valence-electron chi connectivity index (χ4n) is 3.38. The number of para-hydroxylation sites is 1. The maximum atomic E-state index is 5.94. The minimum absolute atomic E-state index is 0.185. The summed E-state index contributed by atoms with van der Waals surface area (Å²) in [6.45, 7) is 8.86. The molecule has 0 spiro atoms. The van der Waals surface area contributed by atoms with Crippen molar-refractivity contribution in [2.45, 2.75) is 59.0 Å². The van der Waals surface area contributed by atoms with Crippen molar-refractivity contribution >= 4 is 10.9 Å². The third-order valence-electron chi connectivity index (χ3n) is 4.75. The molecule has 0 aliphatic rings. The number of aryl methyl sites for hydroxylation is 2.